The van der Waals surface area contributed by atoms with Crippen LogP contribution in [0.2, 0.25) is 0 Å². The van der Waals surface area contributed by atoms with Gasteiger partial charge in [-0.3, -0.25) is 0 Å². The third-order valence-corrected chi connectivity index (χ3v) is 5.17. The molecule has 3 nitrogen and oxygen atoms in total. The molecule has 1 saturated carbocycles. The van der Waals surface area contributed by atoms with Crippen molar-refractivity contribution in [3.8, 4) is 0 Å². The molecule has 1 fully saturated rings. The monoisotopic (exact) mass is 287 g/mol. The molecule has 0 spiro atoms. The minimum Gasteiger partial charge on any atom is -0.317 e. The van der Waals surface area contributed by atoms with Gasteiger partial charge in [0.15, 0.2) is 0 Å². The highest BCUT2D eigenvalue weighted by Gasteiger charge is 2.23. The second kappa shape index (κ2) is 7.35. The van der Waals surface area contributed by atoms with Crippen LogP contribution in [0, 0.1) is 5.92 Å². The highest BCUT2D eigenvalue weighted by Crippen LogP contribution is 2.31. The number of fused-ring (bicyclic) bond motifs is 1. The molecular formula is C18H29N3. The third kappa shape index (κ3) is 3.82. The summed E-state index contributed by atoms with van der Waals surface area (Å²) < 4.78 is 0. The van der Waals surface area contributed by atoms with Gasteiger partial charge in [0.05, 0.1) is 0 Å². The maximum atomic E-state index is 4.96. The normalized spacial score (nSPS) is 23.6. The molecule has 1 N–H and O–H groups in total. The molecule has 0 saturated heterocycles. The van der Waals surface area contributed by atoms with E-state index in [9.17, 15) is 0 Å². The number of aromatic nitrogens is 2. The molecule has 2 aliphatic carbocycles. The molecule has 0 aromatic carbocycles. The first kappa shape index (κ1) is 15.0. The quantitative estimate of drug-likeness (QED) is 0.859. The van der Waals surface area contributed by atoms with Gasteiger partial charge in [-0.15, -0.1) is 0 Å². The lowest BCUT2D eigenvalue weighted by atomic mass is 9.87. The first-order valence-corrected chi connectivity index (χ1v) is 8.92. The van der Waals surface area contributed by atoms with Crippen LogP contribution in [0.5, 0.6) is 0 Å². The van der Waals surface area contributed by atoms with Gasteiger partial charge in [0.1, 0.15) is 5.82 Å². The molecule has 21 heavy (non-hydrogen) atoms. The summed E-state index contributed by atoms with van der Waals surface area (Å²) in [5.41, 5.74) is 2.75. The Kier molecular flexibility index (Phi) is 5.23. The van der Waals surface area contributed by atoms with Gasteiger partial charge in [-0.05, 0) is 56.7 Å². The highest BCUT2D eigenvalue weighted by atomic mass is 14.9. The van der Waals surface area contributed by atoms with Gasteiger partial charge < -0.3 is 5.32 Å². The number of nitrogens with one attached hydrogen (secondary N) is 1. The summed E-state index contributed by atoms with van der Waals surface area (Å²) in [7, 11) is 0. The van der Waals surface area contributed by atoms with Crippen LogP contribution in [0.4, 0.5) is 0 Å². The fourth-order valence-electron chi connectivity index (χ4n) is 3.86. The van der Waals surface area contributed by atoms with Crippen LogP contribution >= 0.6 is 0 Å². The molecule has 2 aliphatic rings. The average molecular weight is 287 g/mol. The summed E-state index contributed by atoms with van der Waals surface area (Å²) >= 11 is 0. The molecule has 0 radical (unpaired) electrons. The number of nitrogens with zero attached hydrogens (tertiary/aromatic N) is 2. The first-order chi connectivity index (χ1) is 10.4. The Morgan fingerprint density at radius 2 is 1.95 bits per heavy atom. The minimum atomic E-state index is 0.622. The Balaban J connectivity index is 1.68. The summed E-state index contributed by atoms with van der Waals surface area (Å²) in [6, 6.07) is 0. The summed E-state index contributed by atoms with van der Waals surface area (Å²) in [5, 5.41) is 3.48. The zero-order chi connectivity index (χ0) is 14.5. The summed E-state index contributed by atoms with van der Waals surface area (Å²) in [6.45, 7) is 4.39. The molecule has 1 heterocycles. The Bertz CT molecular complexity index is 450. The van der Waals surface area contributed by atoms with Crippen LogP contribution in [0.15, 0.2) is 6.20 Å². The van der Waals surface area contributed by atoms with Gasteiger partial charge >= 0.3 is 0 Å². The molecule has 1 unspecified atom stereocenters. The second-order valence-electron chi connectivity index (χ2n) is 6.81. The van der Waals surface area contributed by atoms with E-state index in [4.69, 9.17) is 9.97 Å². The number of hydrogen-bond donors (Lipinski definition) is 1. The van der Waals surface area contributed by atoms with Crippen molar-refractivity contribution in [2.75, 3.05) is 13.1 Å². The zero-order valence-corrected chi connectivity index (χ0v) is 13.4. The van der Waals surface area contributed by atoms with Gasteiger partial charge in [-0.1, -0.05) is 32.6 Å². The van der Waals surface area contributed by atoms with Crippen LogP contribution in [-0.4, -0.2) is 23.1 Å². The van der Waals surface area contributed by atoms with E-state index in [2.05, 4.69) is 18.4 Å². The SMILES string of the molecule is CCNCC1CCc2nc(C3CCCCCC3)ncc2C1. The zero-order valence-electron chi connectivity index (χ0n) is 13.4. The van der Waals surface area contributed by atoms with Crippen molar-refractivity contribution in [3.63, 3.8) is 0 Å². The predicted molar refractivity (Wildman–Crippen MR) is 86.5 cm³/mol. The van der Waals surface area contributed by atoms with E-state index < -0.39 is 0 Å². The Labute approximate surface area is 129 Å². The first-order valence-electron chi connectivity index (χ1n) is 8.92. The van der Waals surface area contributed by atoms with E-state index in [0.29, 0.717) is 5.92 Å². The topological polar surface area (TPSA) is 37.8 Å². The maximum absolute atomic E-state index is 4.96. The smallest absolute Gasteiger partial charge is 0.131 e. The van der Waals surface area contributed by atoms with E-state index in [1.54, 1.807) is 0 Å². The van der Waals surface area contributed by atoms with E-state index in [-0.39, 0.29) is 0 Å². The van der Waals surface area contributed by atoms with Gasteiger partial charge in [0.25, 0.3) is 0 Å². The lowest BCUT2D eigenvalue weighted by molar-refractivity contribution is 0.421. The Hall–Kier alpha value is -0.960. The van der Waals surface area contributed by atoms with Crippen LogP contribution in [0.3, 0.4) is 0 Å². The van der Waals surface area contributed by atoms with Gasteiger partial charge in [-0.25, -0.2) is 9.97 Å². The summed E-state index contributed by atoms with van der Waals surface area (Å²) in [5.74, 6) is 2.53. The molecule has 0 bridgehead atoms. The molecule has 0 aliphatic heterocycles. The van der Waals surface area contributed by atoms with Crippen LogP contribution < -0.4 is 5.32 Å². The van der Waals surface area contributed by atoms with Crippen molar-refractivity contribution >= 4 is 0 Å². The lowest BCUT2D eigenvalue weighted by Gasteiger charge is -2.25. The number of hydrogen-bond acceptors (Lipinski definition) is 3. The van der Waals surface area contributed by atoms with E-state index in [1.165, 1.54) is 56.2 Å². The molecule has 1 atom stereocenters. The van der Waals surface area contributed by atoms with E-state index in [0.717, 1.165) is 37.7 Å². The highest BCUT2D eigenvalue weighted by molar-refractivity contribution is 5.22. The lowest BCUT2D eigenvalue weighted by Crippen LogP contribution is -2.28. The molecule has 1 aromatic heterocycles. The molecule has 3 heteroatoms. The van der Waals surface area contributed by atoms with Gasteiger partial charge in [0, 0.05) is 17.8 Å². The summed E-state index contributed by atoms with van der Waals surface area (Å²) in [6.07, 6.45) is 13.8. The van der Waals surface area contributed by atoms with Crippen molar-refractivity contribution in [1.82, 2.24) is 15.3 Å². The number of aryl methyl sites for hydroxylation is 1. The molecule has 1 aromatic rings. The Morgan fingerprint density at radius 3 is 2.71 bits per heavy atom. The van der Waals surface area contributed by atoms with Gasteiger partial charge in [0.2, 0.25) is 0 Å². The Morgan fingerprint density at radius 1 is 1.14 bits per heavy atom. The fraction of sp³-hybridized carbons (Fsp3) is 0.778. The van der Waals surface area contributed by atoms with Crippen LogP contribution in [0.25, 0.3) is 0 Å². The molecule has 0 amide bonds. The van der Waals surface area contributed by atoms with E-state index in [1.807, 2.05) is 0 Å². The van der Waals surface area contributed by atoms with E-state index >= 15 is 0 Å². The van der Waals surface area contributed by atoms with Crippen molar-refractivity contribution < 1.29 is 0 Å². The van der Waals surface area contributed by atoms with Crippen molar-refractivity contribution in [2.45, 2.75) is 70.6 Å². The predicted octanol–water partition coefficient (Wildman–Crippen LogP) is 3.63. The minimum absolute atomic E-state index is 0.622. The largest absolute Gasteiger partial charge is 0.317 e. The second-order valence-corrected chi connectivity index (χ2v) is 6.81. The van der Waals surface area contributed by atoms with Crippen molar-refractivity contribution in [2.24, 2.45) is 5.92 Å². The third-order valence-electron chi connectivity index (χ3n) is 5.17. The summed E-state index contributed by atoms with van der Waals surface area (Å²) in [4.78, 5) is 9.70. The fourth-order valence-corrected chi connectivity index (χ4v) is 3.86. The maximum Gasteiger partial charge on any atom is 0.131 e. The van der Waals surface area contributed by atoms with Crippen molar-refractivity contribution in [1.29, 1.82) is 0 Å². The van der Waals surface area contributed by atoms with Gasteiger partial charge in [-0.2, -0.15) is 0 Å². The van der Waals surface area contributed by atoms with Crippen LogP contribution in [0.1, 0.15) is 74.9 Å². The van der Waals surface area contributed by atoms with Crippen LogP contribution in [-0.2, 0) is 12.8 Å². The molecule has 3 rings (SSSR count). The number of rotatable bonds is 4. The van der Waals surface area contributed by atoms with Crippen molar-refractivity contribution in [3.05, 3.63) is 23.3 Å². The molecule has 116 valence electrons. The standard InChI is InChI=1S/C18H29N3/c1-2-19-12-14-9-10-17-16(11-14)13-20-18(21-17)15-7-5-3-4-6-8-15/h13-15,19H,2-12H2,1H3. The molecular weight excluding hydrogens is 258 g/mol. The average Bonchev–Trinajstić information content (AvgIpc) is 2.81.